The third kappa shape index (κ3) is 8.62. The van der Waals surface area contributed by atoms with Gasteiger partial charge in [-0.05, 0) is 142 Å². The summed E-state index contributed by atoms with van der Waals surface area (Å²) >= 11 is 0. The maximum Gasteiger partial charge on any atom is 0.0462 e. The highest BCUT2D eigenvalue weighted by Crippen LogP contribution is 2.41. The Balaban J connectivity index is 0.956. The van der Waals surface area contributed by atoms with Crippen LogP contribution in [0, 0.1) is 5.92 Å². The van der Waals surface area contributed by atoms with Crippen molar-refractivity contribution in [2.75, 3.05) is 9.80 Å². The lowest BCUT2D eigenvalue weighted by Crippen LogP contribution is -2.12. The zero-order valence-electron chi connectivity index (χ0n) is 35.6. The van der Waals surface area contributed by atoms with Crippen LogP contribution >= 0.6 is 0 Å². The van der Waals surface area contributed by atoms with Gasteiger partial charge in [0, 0.05) is 40.0 Å². The fraction of sp³-hybridized carbons (Fsp3) is 0.0820. The van der Waals surface area contributed by atoms with Gasteiger partial charge in [0.15, 0.2) is 0 Å². The lowest BCUT2D eigenvalue weighted by Gasteiger charge is -2.28. The van der Waals surface area contributed by atoms with E-state index < -0.39 is 0 Å². The molecule has 0 N–H and O–H groups in total. The Bertz CT molecular complexity index is 2800. The number of hydrogen-bond acceptors (Lipinski definition) is 2. The van der Waals surface area contributed by atoms with Gasteiger partial charge >= 0.3 is 0 Å². The van der Waals surface area contributed by atoms with Crippen LogP contribution in [0.4, 0.5) is 34.1 Å². The quantitative estimate of drug-likeness (QED) is 0.120. The highest BCUT2D eigenvalue weighted by Gasteiger charge is 2.21. The Morgan fingerprint density at radius 1 is 0.302 bits per heavy atom. The summed E-state index contributed by atoms with van der Waals surface area (Å²) in [5, 5.41) is 0. The standard InChI is InChI=1S/C61H50N2/c1-45-13-11-12-20-61(45)54-31-43-60(44-32-54)63(57-37-25-51(26-38-57)48-18-9-4-10-19-48)59-41-29-53(30-42-59)52-27-39-58(40-28-52)62(55-33-21-49(22-34-55)46-14-5-2-6-15-46)56-35-23-50(24-36-56)47-16-7-3-8-17-47/h2-10,12,14-45,61H,11,13H2,1H3. The maximum atomic E-state index is 2.40. The Morgan fingerprint density at radius 3 is 0.825 bits per heavy atom. The smallest absolute Gasteiger partial charge is 0.0462 e. The second-order valence-corrected chi connectivity index (χ2v) is 16.6. The van der Waals surface area contributed by atoms with Gasteiger partial charge in [-0.2, -0.15) is 0 Å². The van der Waals surface area contributed by atoms with E-state index in [0.29, 0.717) is 11.8 Å². The van der Waals surface area contributed by atoms with E-state index in [9.17, 15) is 0 Å². The van der Waals surface area contributed by atoms with Gasteiger partial charge < -0.3 is 9.80 Å². The van der Waals surface area contributed by atoms with E-state index in [1.807, 2.05) is 0 Å². The Hall–Kier alpha value is -7.68. The molecule has 9 aromatic rings. The lowest BCUT2D eigenvalue weighted by atomic mass is 9.81. The zero-order chi connectivity index (χ0) is 42.4. The number of allylic oxidation sites excluding steroid dienone is 2. The molecule has 1 aliphatic rings. The average molecular weight is 811 g/mol. The van der Waals surface area contributed by atoms with Gasteiger partial charge in [0.25, 0.3) is 0 Å². The van der Waals surface area contributed by atoms with Crippen LogP contribution in [0.3, 0.4) is 0 Å². The normalized spacial score (nSPS) is 14.6. The molecule has 2 heteroatoms. The predicted molar refractivity (Wildman–Crippen MR) is 268 cm³/mol. The van der Waals surface area contributed by atoms with Gasteiger partial charge in [-0.3, -0.25) is 0 Å². The molecule has 0 spiro atoms. The van der Waals surface area contributed by atoms with Gasteiger partial charge in [0.1, 0.15) is 0 Å². The van der Waals surface area contributed by atoms with Crippen molar-refractivity contribution in [3.8, 4) is 44.5 Å². The Labute approximate surface area is 372 Å². The van der Waals surface area contributed by atoms with Crippen molar-refractivity contribution >= 4 is 34.1 Å². The fourth-order valence-corrected chi connectivity index (χ4v) is 9.06. The molecule has 0 bridgehead atoms. The maximum absolute atomic E-state index is 2.40. The van der Waals surface area contributed by atoms with E-state index in [1.54, 1.807) is 0 Å². The number of nitrogens with zero attached hydrogens (tertiary/aromatic N) is 2. The predicted octanol–water partition coefficient (Wildman–Crippen LogP) is 17.4. The first-order valence-corrected chi connectivity index (χ1v) is 22.2. The van der Waals surface area contributed by atoms with E-state index in [4.69, 9.17) is 0 Å². The summed E-state index contributed by atoms with van der Waals surface area (Å²) in [5.74, 6) is 1.11. The highest BCUT2D eigenvalue weighted by molar-refractivity contribution is 5.83. The summed E-state index contributed by atoms with van der Waals surface area (Å²) in [7, 11) is 0. The molecule has 0 radical (unpaired) electrons. The minimum Gasteiger partial charge on any atom is -0.311 e. The Morgan fingerprint density at radius 2 is 0.556 bits per heavy atom. The van der Waals surface area contributed by atoms with E-state index >= 15 is 0 Å². The summed E-state index contributed by atoms with van der Waals surface area (Å²) < 4.78 is 0. The van der Waals surface area contributed by atoms with Gasteiger partial charge in [-0.25, -0.2) is 0 Å². The van der Waals surface area contributed by atoms with Crippen molar-refractivity contribution in [1.29, 1.82) is 0 Å². The molecular formula is C61H50N2. The third-order valence-corrected chi connectivity index (χ3v) is 12.6. The number of hydrogen-bond donors (Lipinski definition) is 0. The van der Waals surface area contributed by atoms with Crippen molar-refractivity contribution in [2.45, 2.75) is 25.7 Å². The van der Waals surface area contributed by atoms with Gasteiger partial charge in [-0.1, -0.05) is 183 Å². The van der Waals surface area contributed by atoms with Crippen LogP contribution in [0.2, 0.25) is 0 Å². The minimum atomic E-state index is 0.463. The van der Waals surface area contributed by atoms with Crippen LogP contribution < -0.4 is 9.80 Å². The summed E-state index contributed by atoms with van der Waals surface area (Å²) in [4.78, 5) is 4.71. The molecule has 10 rings (SSSR count). The molecule has 0 saturated carbocycles. The molecule has 2 nitrogen and oxygen atoms in total. The van der Waals surface area contributed by atoms with Crippen molar-refractivity contribution in [3.05, 3.63) is 254 Å². The van der Waals surface area contributed by atoms with Gasteiger partial charge in [-0.15, -0.1) is 0 Å². The van der Waals surface area contributed by atoms with Crippen LogP contribution in [0.1, 0.15) is 31.2 Å². The monoisotopic (exact) mass is 810 g/mol. The second-order valence-electron chi connectivity index (χ2n) is 16.6. The SMILES string of the molecule is CC1CCC=CC1c1ccc(N(c2ccc(-c3ccccc3)cc2)c2ccc(-c3ccc(N(c4ccc(-c5ccccc5)cc4)c4ccc(-c5ccccc5)cc4)cc3)cc2)cc1. The first-order chi connectivity index (χ1) is 31.1. The third-order valence-electron chi connectivity index (χ3n) is 12.6. The second kappa shape index (κ2) is 18.1. The fourth-order valence-electron chi connectivity index (χ4n) is 9.06. The molecule has 0 heterocycles. The molecule has 0 aliphatic heterocycles. The summed E-state index contributed by atoms with van der Waals surface area (Å²) in [6, 6.07) is 85.7. The van der Waals surface area contributed by atoms with E-state index in [0.717, 1.165) is 34.1 Å². The Kier molecular flexibility index (Phi) is 11.3. The highest BCUT2D eigenvalue weighted by atomic mass is 15.1. The number of anilines is 6. The van der Waals surface area contributed by atoms with Crippen molar-refractivity contribution in [2.24, 2.45) is 5.92 Å². The molecule has 0 fully saturated rings. The molecule has 0 aromatic heterocycles. The molecule has 9 aromatic carbocycles. The average Bonchev–Trinajstić information content (AvgIpc) is 3.36. The summed E-state index contributed by atoms with van der Waals surface area (Å²) in [6.45, 7) is 2.38. The molecule has 0 saturated heterocycles. The molecule has 1 aliphatic carbocycles. The van der Waals surface area contributed by atoms with E-state index in [2.05, 4.69) is 265 Å². The van der Waals surface area contributed by atoms with Gasteiger partial charge in [0.05, 0.1) is 0 Å². The molecule has 304 valence electrons. The lowest BCUT2D eigenvalue weighted by molar-refractivity contribution is 0.469. The molecule has 63 heavy (non-hydrogen) atoms. The van der Waals surface area contributed by atoms with Crippen LogP contribution in [-0.4, -0.2) is 0 Å². The van der Waals surface area contributed by atoms with Crippen molar-refractivity contribution in [3.63, 3.8) is 0 Å². The first-order valence-electron chi connectivity index (χ1n) is 22.2. The van der Waals surface area contributed by atoms with Crippen LogP contribution in [-0.2, 0) is 0 Å². The summed E-state index contributed by atoms with van der Waals surface area (Å²) in [6.07, 6.45) is 7.16. The van der Waals surface area contributed by atoms with Crippen LogP contribution in [0.15, 0.2) is 249 Å². The molecule has 2 atom stereocenters. The molecule has 0 amide bonds. The number of benzene rings is 9. The molecular weight excluding hydrogens is 761 g/mol. The minimum absolute atomic E-state index is 0.463. The first kappa shape index (κ1) is 39.5. The van der Waals surface area contributed by atoms with E-state index in [1.165, 1.54) is 62.9 Å². The van der Waals surface area contributed by atoms with E-state index in [-0.39, 0.29) is 0 Å². The van der Waals surface area contributed by atoms with Crippen molar-refractivity contribution in [1.82, 2.24) is 0 Å². The zero-order valence-corrected chi connectivity index (χ0v) is 35.6. The molecule has 2 unspecified atom stereocenters. The van der Waals surface area contributed by atoms with Gasteiger partial charge in [0.2, 0.25) is 0 Å². The topological polar surface area (TPSA) is 6.48 Å². The largest absolute Gasteiger partial charge is 0.311 e. The van der Waals surface area contributed by atoms with Crippen molar-refractivity contribution < 1.29 is 0 Å². The van der Waals surface area contributed by atoms with Crippen LogP contribution in [0.5, 0.6) is 0 Å². The number of rotatable bonds is 11. The summed E-state index contributed by atoms with van der Waals surface area (Å²) in [5.41, 5.74) is 17.7. The van der Waals surface area contributed by atoms with Crippen LogP contribution in [0.25, 0.3) is 44.5 Å².